The van der Waals surface area contributed by atoms with Gasteiger partial charge < -0.3 is 16.0 Å². The summed E-state index contributed by atoms with van der Waals surface area (Å²) in [6.07, 6.45) is 11.4. The first-order chi connectivity index (χ1) is 16.4. The van der Waals surface area contributed by atoms with Gasteiger partial charge in [-0.15, -0.1) is 0 Å². The molecule has 2 unspecified atom stereocenters. The lowest BCUT2D eigenvalue weighted by atomic mass is 9.85. The quantitative estimate of drug-likeness (QED) is 0.570. The van der Waals surface area contributed by atoms with Crippen LogP contribution in [0, 0.1) is 33.6 Å². The first-order valence-corrected chi connectivity index (χ1v) is 12.9. The molecule has 2 atom stereocenters. The average Bonchev–Trinajstić information content (AvgIpc) is 2.79. The summed E-state index contributed by atoms with van der Waals surface area (Å²) >= 11 is 0. The van der Waals surface area contributed by atoms with Gasteiger partial charge >= 0.3 is 0 Å². The fourth-order valence-electron chi connectivity index (χ4n) is 5.07. The van der Waals surface area contributed by atoms with Crippen molar-refractivity contribution in [3.8, 4) is 0 Å². The maximum atomic E-state index is 4.34. The number of nitrogens with zero attached hydrogens (tertiary/aromatic N) is 6. The van der Waals surface area contributed by atoms with Crippen molar-refractivity contribution in [2.45, 2.75) is 111 Å². The third-order valence-electron chi connectivity index (χ3n) is 6.93. The normalized spacial score (nSPS) is 24.6. The van der Waals surface area contributed by atoms with Gasteiger partial charge in [-0.25, -0.2) is 9.97 Å². The number of aromatic nitrogens is 6. The standard InChI is InChI=1S/C13H22N4.C12H21N5/c1-4-11-5-7-12(8-6-11)17-13-15-9(2)14-10(3)16-13;1-8-14-9(2)16-12(15-8)17-11-7-5-4-6-10(11)13-3/h11-12H,4-8H2,1-3H3,(H,14,15,16,17);10-11,13H,4-7H2,1-3H3,(H,14,15,16,17). The van der Waals surface area contributed by atoms with Gasteiger partial charge in [-0.3, -0.25) is 0 Å². The molecule has 0 aromatic carbocycles. The number of likely N-dealkylation sites (N-methyl/N-ethyl adjacent to an activating group) is 1. The summed E-state index contributed by atoms with van der Waals surface area (Å²) < 4.78 is 0. The summed E-state index contributed by atoms with van der Waals surface area (Å²) in [6, 6.07) is 1.48. The summed E-state index contributed by atoms with van der Waals surface area (Å²) in [5.41, 5.74) is 0. The molecule has 2 heterocycles. The van der Waals surface area contributed by atoms with Gasteiger partial charge in [0.05, 0.1) is 0 Å². The Kier molecular flexibility index (Phi) is 9.92. The maximum absolute atomic E-state index is 4.34. The molecule has 9 heteroatoms. The van der Waals surface area contributed by atoms with Crippen LogP contribution in [0.1, 0.15) is 88.0 Å². The van der Waals surface area contributed by atoms with Crippen molar-refractivity contribution in [3.63, 3.8) is 0 Å². The smallest absolute Gasteiger partial charge is 0.226 e. The Morgan fingerprint density at radius 1 is 0.618 bits per heavy atom. The number of rotatable bonds is 6. The predicted molar refractivity (Wildman–Crippen MR) is 137 cm³/mol. The van der Waals surface area contributed by atoms with E-state index >= 15 is 0 Å². The van der Waals surface area contributed by atoms with Crippen LogP contribution in [0.4, 0.5) is 11.9 Å². The number of hydrogen-bond donors (Lipinski definition) is 3. The van der Waals surface area contributed by atoms with Crippen molar-refractivity contribution in [2.24, 2.45) is 5.92 Å². The second-order valence-corrected chi connectivity index (χ2v) is 9.71. The lowest BCUT2D eigenvalue weighted by Crippen LogP contribution is -2.45. The van der Waals surface area contributed by atoms with E-state index in [1.54, 1.807) is 0 Å². The lowest BCUT2D eigenvalue weighted by molar-refractivity contribution is 0.329. The van der Waals surface area contributed by atoms with E-state index in [-0.39, 0.29) is 0 Å². The highest BCUT2D eigenvalue weighted by Gasteiger charge is 2.24. The van der Waals surface area contributed by atoms with Crippen molar-refractivity contribution >= 4 is 11.9 Å². The third-order valence-corrected chi connectivity index (χ3v) is 6.93. The molecule has 2 fully saturated rings. The number of anilines is 2. The van der Waals surface area contributed by atoms with Gasteiger partial charge in [-0.1, -0.05) is 26.2 Å². The van der Waals surface area contributed by atoms with E-state index in [0.717, 1.165) is 35.2 Å². The summed E-state index contributed by atoms with van der Waals surface area (Å²) in [4.78, 5) is 25.7. The molecule has 0 aliphatic heterocycles. The van der Waals surface area contributed by atoms with Crippen LogP contribution in [0.3, 0.4) is 0 Å². The van der Waals surface area contributed by atoms with E-state index in [0.29, 0.717) is 24.1 Å². The van der Waals surface area contributed by atoms with Crippen molar-refractivity contribution in [3.05, 3.63) is 23.3 Å². The highest BCUT2D eigenvalue weighted by atomic mass is 15.2. The lowest BCUT2D eigenvalue weighted by Gasteiger charge is -2.31. The maximum Gasteiger partial charge on any atom is 0.226 e. The SMILES string of the molecule is CCC1CCC(Nc2nc(C)nc(C)n2)CC1.CNC1CCCCC1Nc1nc(C)nc(C)n1. The Labute approximate surface area is 204 Å². The van der Waals surface area contributed by atoms with Gasteiger partial charge in [-0.2, -0.15) is 19.9 Å². The van der Waals surface area contributed by atoms with E-state index in [1.165, 1.54) is 57.8 Å². The summed E-state index contributed by atoms with van der Waals surface area (Å²) in [5, 5.41) is 10.3. The van der Waals surface area contributed by atoms with Crippen LogP contribution in [0.5, 0.6) is 0 Å². The summed E-state index contributed by atoms with van der Waals surface area (Å²) in [6.45, 7) is 9.91. The molecule has 9 nitrogen and oxygen atoms in total. The first kappa shape index (κ1) is 26.2. The van der Waals surface area contributed by atoms with Crippen molar-refractivity contribution in [1.82, 2.24) is 35.2 Å². The van der Waals surface area contributed by atoms with E-state index in [4.69, 9.17) is 0 Å². The fourth-order valence-corrected chi connectivity index (χ4v) is 5.07. The Morgan fingerprint density at radius 2 is 1.09 bits per heavy atom. The zero-order valence-corrected chi connectivity index (χ0v) is 21.9. The largest absolute Gasteiger partial charge is 0.351 e. The van der Waals surface area contributed by atoms with Gasteiger partial charge in [0.15, 0.2) is 0 Å². The molecular formula is C25H43N9. The molecule has 0 bridgehead atoms. The van der Waals surface area contributed by atoms with E-state index in [9.17, 15) is 0 Å². The predicted octanol–water partition coefficient (Wildman–Crippen LogP) is 4.30. The van der Waals surface area contributed by atoms with E-state index in [2.05, 4.69) is 52.8 Å². The average molecular weight is 470 g/mol. The van der Waals surface area contributed by atoms with Crippen LogP contribution >= 0.6 is 0 Å². The summed E-state index contributed by atoms with van der Waals surface area (Å²) in [7, 11) is 2.02. The van der Waals surface area contributed by atoms with Gasteiger partial charge in [0.1, 0.15) is 23.3 Å². The van der Waals surface area contributed by atoms with Crippen LogP contribution in [-0.4, -0.2) is 55.1 Å². The Balaban J connectivity index is 0.000000191. The number of hydrogen-bond acceptors (Lipinski definition) is 9. The molecule has 2 aliphatic carbocycles. The molecule has 3 N–H and O–H groups in total. The zero-order valence-electron chi connectivity index (χ0n) is 21.9. The second kappa shape index (κ2) is 12.9. The van der Waals surface area contributed by atoms with Gasteiger partial charge in [0.2, 0.25) is 11.9 Å². The van der Waals surface area contributed by atoms with Gasteiger partial charge in [0.25, 0.3) is 0 Å². The van der Waals surface area contributed by atoms with Crippen molar-refractivity contribution in [1.29, 1.82) is 0 Å². The first-order valence-electron chi connectivity index (χ1n) is 12.9. The minimum atomic E-state index is 0.426. The molecule has 2 saturated carbocycles. The van der Waals surface area contributed by atoms with Gasteiger partial charge in [-0.05, 0) is 79.2 Å². The van der Waals surface area contributed by atoms with Crippen LogP contribution in [0.2, 0.25) is 0 Å². The molecular weight excluding hydrogens is 426 g/mol. The molecule has 2 aromatic rings. The highest BCUT2D eigenvalue weighted by molar-refractivity contribution is 5.27. The van der Waals surface area contributed by atoms with E-state index < -0.39 is 0 Å². The molecule has 0 amide bonds. The Morgan fingerprint density at radius 3 is 1.56 bits per heavy atom. The molecule has 2 aliphatic rings. The number of nitrogens with one attached hydrogen (secondary N) is 3. The summed E-state index contributed by atoms with van der Waals surface area (Å²) in [5.74, 6) is 5.52. The number of aryl methyl sites for hydroxylation is 4. The van der Waals surface area contributed by atoms with Crippen LogP contribution < -0.4 is 16.0 Å². The fraction of sp³-hybridized carbons (Fsp3) is 0.760. The van der Waals surface area contributed by atoms with Crippen molar-refractivity contribution < 1.29 is 0 Å². The second-order valence-electron chi connectivity index (χ2n) is 9.71. The van der Waals surface area contributed by atoms with Gasteiger partial charge in [0, 0.05) is 18.1 Å². The van der Waals surface area contributed by atoms with Crippen LogP contribution in [0.15, 0.2) is 0 Å². The molecule has 4 rings (SSSR count). The van der Waals surface area contributed by atoms with Crippen LogP contribution in [-0.2, 0) is 0 Å². The van der Waals surface area contributed by atoms with E-state index in [1.807, 2.05) is 34.7 Å². The van der Waals surface area contributed by atoms with Crippen LogP contribution in [0.25, 0.3) is 0 Å². The zero-order chi connectivity index (χ0) is 24.5. The monoisotopic (exact) mass is 469 g/mol. The minimum Gasteiger partial charge on any atom is -0.351 e. The molecule has 0 radical (unpaired) electrons. The Bertz CT molecular complexity index is 855. The highest BCUT2D eigenvalue weighted by Crippen LogP contribution is 2.27. The molecule has 34 heavy (non-hydrogen) atoms. The van der Waals surface area contributed by atoms with Crippen molar-refractivity contribution in [2.75, 3.05) is 17.7 Å². The molecule has 0 spiro atoms. The molecule has 188 valence electrons. The topological polar surface area (TPSA) is 113 Å². The third kappa shape index (κ3) is 8.11. The Hall–Kier alpha value is -2.42. The molecule has 0 saturated heterocycles. The molecule has 2 aromatic heterocycles. The minimum absolute atomic E-state index is 0.426.